The van der Waals surface area contributed by atoms with Crippen LogP contribution in [0.25, 0.3) is 0 Å². The molecule has 0 aliphatic heterocycles. The van der Waals surface area contributed by atoms with Gasteiger partial charge in [-0.1, -0.05) is 30.7 Å². The second-order valence-electron chi connectivity index (χ2n) is 4.85. The number of hydrogen-bond donors (Lipinski definition) is 1. The first kappa shape index (κ1) is 18.1. The van der Waals surface area contributed by atoms with Gasteiger partial charge >= 0.3 is 5.97 Å². The van der Waals surface area contributed by atoms with Gasteiger partial charge in [-0.05, 0) is 30.7 Å². The lowest BCUT2D eigenvalue weighted by atomic mass is 10.0. The Balaban J connectivity index is 2.14. The molecule has 24 heavy (non-hydrogen) atoms. The van der Waals surface area contributed by atoms with E-state index in [1.165, 1.54) is 30.3 Å². The zero-order valence-corrected chi connectivity index (χ0v) is 14.2. The van der Waals surface area contributed by atoms with Crippen LogP contribution in [0.1, 0.15) is 29.3 Å². The van der Waals surface area contributed by atoms with Crippen LogP contribution >= 0.6 is 23.2 Å². The average molecular weight is 369 g/mol. The minimum Gasteiger partial charge on any atom is -0.507 e. The fourth-order valence-corrected chi connectivity index (χ4v) is 2.14. The van der Waals surface area contributed by atoms with Gasteiger partial charge in [0.15, 0.2) is 11.5 Å². The van der Waals surface area contributed by atoms with Crippen molar-refractivity contribution in [2.75, 3.05) is 0 Å². The summed E-state index contributed by atoms with van der Waals surface area (Å²) < 4.78 is 0. The minimum atomic E-state index is -0.803. The first-order valence-corrected chi connectivity index (χ1v) is 7.90. The number of phenols is 1. The largest absolute Gasteiger partial charge is 0.507 e. The van der Waals surface area contributed by atoms with Crippen LogP contribution in [0, 0.1) is 0 Å². The molecule has 0 heterocycles. The number of rotatable bonds is 6. The van der Waals surface area contributed by atoms with Gasteiger partial charge in [0.05, 0.1) is 10.6 Å². The number of aromatic hydroxyl groups is 1. The molecule has 0 aliphatic carbocycles. The summed E-state index contributed by atoms with van der Waals surface area (Å²) in [6, 6.07) is 10.3. The first-order valence-electron chi connectivity index (χ1n) is 7.08. The Kier molecular flexibility index (Phi) is 6.06. The van der Waals surface area contributed by atoms with Crippen LogP contribution in [0.15, 0.2) is 42.5 Å². The molecule has 0 spiro atoms. The molecule has 0 saturated heterocycles. The second-order valence-corrected chi connectivity index (χ2v) is 5.78. The van der Waals surface area contributed by atoms with E-state index in [-0.39, 0.29) is 27.6 Å². The van der Waals surface area contributed by atoms with Crippen molar-refractivity contribution < 1.29 is 24.5 Å². The number of carbonyl (C=O) groups excluding carboxylic acids is 2. The number of phenolic OH excluding ortho intramolecular Hbond substituents is 1. The smallest absolute Gasteiger partial charge is 0.373 e. The lowest BCUT2D eigenvalue weighted by Gasteiger charge is -2.09. The Morgan fingerprint density at radius 1 is 1.17 bits per heavy atom. The highest BCUT2D eigenvalue weighted by Gasteiger charge is 2.19. The van der Waals surface area contributed by atoms with Crippen LogP contribution in [-0.2, 0) is 9.68 Å². The molecular formula is C17H14Cl2O5. The van der Waals surface area contributed by atoms with Gasteiger partial charge in [-0.2, -0.15) is 0 Å². The summed E-state index contributed by atoms with van der Waals surface area (Å²) in [6.45, 7) is 1.73. The molecule has 2 rings (SSSR count). The topological polar surface area (TPSA) is 72.8 Å². The van der Waals surface area contributed by atoms with Crippen LogP contribution in [-0.4, -0.2) is 22.2 Å². The average Bonchev–Trinajstić information content (AvgIpc) is 2.58. The van der Waals surface area contributed by atoms with Gasteiger partial charge < -0.3 is 5.11 Å². The molecule has 0 amide bonds. The third-order valence-corrected chi connectivity index (χ3v) is 3.97. The molecule has 2 aromatic carbocycles. The van der Waals surface area contributed by atoms with Gasteiger partial charge in [-0.15, -0.1) is 11.6 Å². The molecule has 0 saturated carbocycles. The number of hydrogen-bond acceptors (Lipinski definition) is 5. The Bertz CT molecular complexity index is 760. The zero-order valence-electron chi connectivity index (χ0n) is 12.7. The van der Waals surface area contributed by atoms with Crippen molar-refractivity contribution in [1.29, 1.82) is 0 Å². The molecule has 0 fully saturated rings. The fourth-order valence-electron chi connectivity index (χ4n) is 1.85. The number of para-hydroxylation sites is 1. The maximum atomic E-state index is 12.4. The van der Waals surface area contributed by atoms with Crippen molar-refractivity contribution in [3.8, 4) is 11.5 Å². The minimum absolute atomic E-state index is 0.0923. The molecule has 2 aromatic rings. The molecule has 5 nitrogen and oxygen atoms in total. The lowest BCUT2D eigenvalue weighted by molar-refractivity contribution is -0.213. The summed E-state index contributed by atoms with van der Waals surface area (Å²) in [7, 11) is 0. The molecule has 0 bridgehead atoms. The highest BCUT2D eigenvalue weighted by molar-refractivity contribution is 6.35. The normalized spacial score (nSPS) is 11.6. The number of benzene rings is 2. The third kappa shape index (κ3) is 4.19. The van der Waals surface area contributed by atoms with E-state index >= 15 is 0 Å². The molecule has 1 N–H and O–H groups in total. The van der Waals surface area contributed by atoms with Crippen molar-refractivity contribution in [2.45, 2.75) is 18.7 Å². The highest BCUT2D eigenvalue weighted by Crippen LogP contribution is 2.27. The fraction of sp³-hybridized carbons (Fsp3) is 0.176. The van der Waals surface area contributed by atoms with E-state index in [4.69, 9.17) is 28.1 Å². The summed E-state index contributed by atoms with van der Waals surface area (Å²) in [5.74, 6) is -1.15. The summed E-state index contributed by atoms with van der Waals surface area (Å²) in [5.41, 5.74) is 0.313. The monoisotopic (exact) mass is 368 g/mol. The first-order chi connectivity index (χ1) is 11.4. The number of halogens is 2. The van der Waals surface area contributed by atoms with Crippen LogP contribution in [0.3, 0.4) is 0 Å². The third-order valence-electron chi connectivity index (χ3n) is 3.17. The van der Waals surface area contributed by atoms with Crippen molar-refractivity contribution in [3.63, 3.8) is 0 Å². The van der Waals surface area contributed by atoms with E-state index in [2.05, 4.69) is 4.89 Å². The molecule has 1 atom stereocenters. The van der Waals surface area contributed by atoms with Crippen molar-refractivity contribution >= 4 is 35.0 Å². The lowest BCUT2D eigenvalue weighted by Crippen LogP contribution is -2.18. The molecular weight excluding hydrogens is 355 g/mol. The van der Waals surface area contributed by atoms with Crippen LogP contribution in [0.4, 0.5) is 0 Å². The maximum Gasteiger partial charge on any atom is 0.373 e. The Labute approximate surface area is 148 Å². The van der Waals surface area contributed by atoms with Crippen molar-refractivity contribution in [2.24, 2.45) is 0 Å². The van der Waals surface area contributed by atoms with E-state index in [1.54, 1.807) is 19.1 Å². The zero-order chi connectivity index (χ0) is 17.7. The summed E-state index contributed by atoms with van der Waals surface area (Å²) in [5, 5.41) is 9.04. The molecule has 126 valence electrons. The van der Waals surface area contributed by atoms with E-state index in [0.29, 0.717) is 6.42 Å². The van der Waals surface area contributed by atoms with E-state index < -0.39 is 17.1 Å². The molecule has 0 aliphatic rings. The van der Waals surface area contributed by atoms with Crippen LogP contribution in [0.2, 0.25) is 5.02 Å². The SMILES string of the molecule is CCC(Cl)C(=O)OOc1ccc(C(=O)c2ccccc2O)c(Cl)c1. The van der Waals surface area contributed by atoms with E-state index in [0.717, 1.165) is 0 Å². The summed E-state index contributed by atoms with van der Waals surface area (Å²) in [4.78, 5) is 33.3. The predicted octanol–water partition coefficient (Wildman–Crippen LogP) is 4.13. The number of carbonyl (C=O) groups is 2. The van der Waals surface area contributed by atoms with Gasteiger partial charge in [0.2, 0.25) is 0 Å². The molecule has 0 radical (unpaired) electrons. The Hall–Kier alpha value is -2.24. The van der Waals surface area contributed by atoms with Gasteiger partial charge in [0.25, 0.3) is 0 Å². The highest BCUT2D eigenvalue weighted by atomic mass is 35.5. The molecule has 0 aromatic heterocycles. The maximum absolute atomic E-state index is 12.4. The van der Waals surface area contributed by atoms with Crippen molar-refractivity contribution in [1.82, 2.24) is 0 Å². The standard InChI is InChI=1S/C17H14Cl2O5/c1-2-13(18)17(22)24-23-10-7-8-11(14(19)9-10)16(21)12-5-3-4-6-15(12)20/h3-9,13,20H,2H2,1H3. The van der Waals surface area contributed by atoms with Gasteiger partial charge in [0, 0.05) is 11.6 Å². The van der Waals surface area contributed by atoms with Gasteiger partial charge in [0.1, 0.15) is 11.1 Å². The quantitative estimate of drug-likeness (QED) is 0.359. The van der Waals surface area contributed by atoms with Gasteiger partial charge in [-0.3, -0.25) is 9.68 Å². The van der Waals surface area contributed by atoms with E-state index in [9.17, 15) is 14.7 Å². The number of ketones is 1. The van der Waals surface area contributed by atoms with Crippen molar-refractivity contribution in [3.05, 3.63) is 58.6 Å². The van der Waals surface area contributed by atoms with E-state index in [1.807, 2.05) is 0 Å². The van der Waals surface area contributed by atoms with Gasteiger partial charge in [-0.25, -0.2) is 9.68 Å². The van der Waals surface area contributed by atoms with Crippen LogP contribution < -0.4 is 4.89 Å². The van der Waals surface area contributed by atoms with Crippen LogP contribution in [0.5, 0.6) is 11.5 Å². The Morgan fingerprint density at radius 2 is 1.88 bits per heavy atom. The predicted molar refractivity (Wildman–Crippen MR) is 89.6 cm³/mol. The molecule has 7 heteroatoms. The second kappa shape index (κ2) is 8.04. The summed E-state index contributed by atoms with van der Waals surface area (Å²) in [6.07, 6.45) is 0.401. The number of alkyl halides is 1. The Morgan fingerprint density at radius 3 is 2.50 bits per heavy atom. The molecule has 1 unspecified atom stereocenters. The summed E-state index contributed by atoms with van der Waals surface area (Å²) >= 11 is 11.8.